The normalized spacial score (nSPS) is 10.8. The molecule has 1 aromatic heterocycles. The summed E-state index contributed by atoms with van der Waals surface area (Å²) in [6.45, 7) is 3.83. The number of aromatic nitrogens is 1. The van der Waals surface area contributed by atoms with Crippen LogP contribution in [0.25, 0.3) is 10.9 Å². The molecule has 2 nitrogen and oxygen atoms in total. The van der Waals surface area contributed by atoms with Gasteiger partial charge in [0.2, 0.25) is 0 Å². The maximum atomic E-state index is 9.61. The Morgan fingerprint density at radius 1 is 1.33 bits per heavy atom. The van der Waals surface area contributed by atoms with Crippen LogP contribution in [0.5, 0.6) is 5.75 Å². The molecule has 0 aliphatic rings. The number of phenolic OH excluding ortho intramolecular Hbond substituents is 1. The summed E-state index contributed by atoms with van der Waals surface area (Å²) in [6, 6.07) is 3.93. The zero-order chi connectivity index (χ0) is 8.72. The minimum absolute atomic E-state index is 0.405. The first kappa shape index (κ1) is 7.22. The third kappa shape index (κ3) is 0.811. The van der Waals surface area contributed by atoms with Crippen molar-refractivity contribution in [2.75, 3.05) is 0 Å². The predicted octanol–water partition coefficient (Wildman–Crippen LogP) is 2.49. The summed E-state index contributed by atoms with van der Waals surface area (Å²) < 4.78 is 0. The minimum Gasteiger partial charge on any atom is -0.507 e. The van der Waals surface area contributed by atoms with E-state index < -0.39 is 0 Å². The van der Waals surface area contributed by atoms with Crippen molar-refractivity contribution in [1.82, 2.24) is 4.98 Å². The van der Waals surface area contributed by atoms with Crippen molar-refractivity contribution >= 4 is 10.9 Å². The fourth-order valence-electron chi connectivity index (χ4n) is 1.54. The van der Waals surface area contributed by atoms with Crippen LogP contribution in [0.3, 0.4) is 0 Å². The van der Waals surface area contributed by atoms with E-state index >= 15 is 0 Å². The summed E-state index contributed by atoms with van der Waals surface area (Å²) in [6.07, 6.45) is 1.89. The lowest BCUT2D eigenvalue weighted by Crippen LogP contribution is -1.81. The molecule has 0 amide bonds. The highest BCUT2D eigenvalue weighted by Crippen LogP contribution is 2.28. The van der Waals surface area contributed by atoms with Crippen molar-refractivity contribution in [3.63, 3.8) is 0 Å². The molecule has 0 fully saturated rings. The average Bonchev–Trinajstić information content (AvgIpc) is 2.48. The Hall–Kier alpha value is -1.44. The number of hydrogen-bond donors (Lipinski definition) is 2. The number of fused-ring (bicyclic) bond motifs is 1. The number of aryl methyl sites for hydroxylation is 2. The molecule has 2 heteroatoms. The predicted molar refractivity (Wildman–Crippen MR) is 49.4 cm³/mol. The van der Waals surface area contributed by atoms with Gasteiger partial charge in [0.25, 0.3) is 0 Å². The van der Waals surface area contributed by atoms with Gasteiger partial charge in [0.15, 0.2) is 0 Å². The van der Waals surface area contributed by atoms with Gasteiger partial charge in [0.05, 0.1) is 0 Å². The lowest BCUT2D eigenvalue weighted by atomic mass is 10.1. The summed E-state index contributed by atoms with van der Waals surface area (Å²) in [5, 5.41) is 10.7. The standard InChI is InChI=1S/C10H11NO/c1-6-5-9-8(3-4-11-9)7(2)10(6)12/h3-5,11-12H,1-2H3. The molecular formula is C10H11NO. The molecule has 2 rings (SSSR count). The minimum atomic E-state index is 0.405. The summed E-state index contributed by atoms with van der Waals surface area (Å²) in [5.74, 6) is 0.405. The lowest BCUT2D eigenvalue weighted by Gasteiger charge is -2.03. The molecule has 0 atom stereocenters. The van der Waals surface area contributed by atoms with Gasteiger partial charge in [0, 0.05) is 22.7 Å². The number of aromatic amines is 1. The molecule has 12 heavy (non-hydrogen) atoms. The molecule has 0 spiro atoms. The van der Waals surface area contributed by atoms with Crippen molar-refractivity contribution in [3.8, 4) is 5.75 Å². The van der Waals surface area contributed by atoms with Crippen LogP contribution in [-0.4, -0.2) is 10.1 Å². The smallest absolute Gasteiger partial charge is 0.122 e. The molecule has 0 bridgehead atoms. The fraction of sp³-hybridized carbons (Fsp3) is 0.200. The van der Waals surface area contributed by atoms with Crippen LogP contribution in [0.1, 0.15) is 11.1 Å². The van der Waals surface area contributed by atoms with Gasteiger partial charge in [-0.25, -0.2) is 0 Å². The average molecular weight is 161 g/mol. The quantitative estimate of drug-likeness (QED) is 0.611. The Bertz CT molecular complexity index is 429. The fourth-order valence-corrected chi connectivity index (χ4v) is 1.54. The summed E-state index contributed by atoms with van der Waals surface area (Å²) in [5.41, 5.74) is 2.96. The highest BCUT2D eigenvalue weighted by Gasteiger charge is 2.05. The lowest BCUT2D eigenvalue weighted by molar-refractivity contribution is 0.468. The molecule has 0 aliphatic carbocycles. The zero-order valence-electron chi connectivity index (χ0n) is 7.18. The van der Waals surface area contributed by atoms with Crippen molar-refractivity contribution in [3.05, 3.63) is 29.5 Å². The Morgan fingerprint density at radius 2 is 2.08 bits per heavy atom. The first-order valence-electron chi connectivity index (χ1n) is 3.96. The Kier molecular flexibility index (Phi) is 1.37. The Morgan fingerprint density at radius 3 is 2.83 bits per heavy atom. The van der Waals surface area contributed by atoms with E-state index in [2.05, 4.69) is 4.98 Å². The molecule has 2 N–H and O–H groups in total. The van der Waals surface area contributed by atoms with Crippen molar-refractivity contribution in [1.29, 1.82) is 0 Å². The zero-order valence-corrected chi connectivity index (χ0v) is 7.18. The monoisotopic (exact) mass is 161 g/mol. The number of aromatic hydroxyl groups is 1. The molecule has 0 saturated carbocycles. The van der Waals surface area contributed by atoms with Gasteiger partial charge in [-0.3, -0.25) is 0 Å². The van der Waals surface area contributed by atoms with Crippen molar-refractivity contribution < 1.29 is 5.11 Å². The van der Waals surface area contributed by atoms with Crippen LogP contribution < -0.4 is 0 Å². The molecule has 1 heterocycles. The first-order valence-corrected chi connectivity index (χ1v) is 3.96. The van der Waals surface area contributed by atoms with Crippen LogP contribution in [0.15, 0.2) is 18.3 Å². The van der Waals surface area contributed by atoms with Gasteiger partial charge in [-0.15, -0.1) is 0 Å². The third-order valence-electron chi connectivity index (χ3n) is 2.27. The second-order valence-corrected chi connectivity index (χ2v) is 3.11. The van der Waals surface area contributed by atoms with Gasteiger partial charge in [0.1, 0.15) is 5.75 Å². The van der Waals surface area contributed by atoms with E-state index in [1.165, 1.54) is 0 Å². The van der Waals surface area contributed by atoms with Gasteiger partial charge in [-0.05, 0) is 31.5 Å². The van der Waals surface area contributed by atoms with Crippen LogP contribution in [-0.2, 0) is 0 Å². The van der Waals surface area contributed by atoms with Crippen LogP contribution in [0.4, 0.5) is 0 Å². The van der Waals surface area contributed by atoms with E-state index in [9.17, 15) is 5.11 Å². The molecule has 1 aromatic carbocycles. The van der Waals surface area contributed by atoms with Crippen LogP contribution in [0, 0.1) is 13.8 Å². The Labute approximate surface area is 70.8 Å². The molecule has 0 saturated heterocycles. The molecular weight excluding hydrogens is 150 g/mol. The van der Waals surface area contributed by atoms with Gasteiger partial charge in [-0.2, -0.15) is 0 Å². The highest BCUT2D eigenvalue weighted by molar-refractivity contribution is 5.85. The molecule has 2 aromatic rings. The molecule has 62 valence electrons. The number of benzene rings is 1. The maximum absolute atomic E-state index is 9.61. The Balaban J connectivity index is 2.94. The first-order chi connectivity index (χ1) is 5.70. The van der Waals surface area contributed by atoms with E-state index in [-0.39, 0.29) is 0 Å². The van der Waals surface area contributed by atoms with Gasteiger partial charge >= 0.3 is 0 Å². The SMILES string of the molecule is Cc1cc2[nH]ccc2c(C)c1O. The molecule has 0 unspecified atom stereocenters. The van der Waals surface area contributed by atoms with Crippen molar-refractivity contribution in [2.45, 2.75) is 13.8 Å². The number of phenols is 1. The van der Waals surface area contributed by atoms with Gasteiger partial charge in [-0.1, -0.05) is 0 Å². The van der Waals surface area contributed by atoms with Crippen LogP contribution >= 0.6 is 0 Å². The molecule has 0 aliphatic heterocycles. The summed E-state index contributed by atoms with van der Waals surface area (Å²) in [4.78, 5) is 3.12. The highest BCUT2D eigenvalue weighted by atomic mass is 16.3. The molecule has 0 radical (unpaired) electrons. The number of rotatable bonds is 0. The van der Waals surface area contributed by atoms with E-state index in [1.54, 1.807) is 0 Å². The van der Waals surface area contributed by atoms with Crippen LogP contribution in [0.2, 0.25) is 0 Å². The van der Waals surface area contributed by atoms with E-state index in [0.717, 1.165) is 22.0 Å². The summed E-state index contributed by atoms with van der Waals surface area (Å²) >= 11 is 0. The summed E-state index contributed by atoms with van der Waals surface area (Å²) in [7, 11) is 0. The van der Waals surface area contributed by atoms with E-state index in [1.807, 2.05) is 32.2 Å². The van der Waals surface area contributed by atoms with E-state index in [4.69, 9.17) is 0 Å². The maximum Gasteiger partial charge on any atom is 0.122 e. The number of nitrogens with one attached hydrogen (secondary N) is 1. The van der Waals surface area contributed by atoms with Crippen molar-refractivity contribution in [2.24, 2.45) is 0 Å². The number of hydrogen-bond acceptors (Lipinski definition) is 1. The second kappa shape index (κ2) is 2.27. The number of H-pyrrole nitrogens is 1. The topological polar surface area (TPSA) is 36.0 Å². The third-order valence-corrected chi connectivity index (χ3v) is 2.27. The van der Waals surface area contributed by atoms with Gasteiger partial charge < -0.3 is 10.1 Å². The van der Waals surface area contributed by atoms with E-state index in [0.29, 0.717) is 5.75 Å². The second-order valence-electron chi connectivity index (χ2n) is 3.11. The largest absolute Gasteiger partial charge is 0.507 e.